The van der Waals surface area contributed by atoms with Crippen molar-refractivity contribution in [2.75, 3.05) is 0 Å². The number of halogens is 1. The minimum atomic E-state index is -2.27. The maximum atomic E-state index is 8.66. The van der Waals surface area contributed by atoms with E-state index < -0.39 is 19.0 Å². The van der Waals surface area contributed by atoms with Gasteiger partial charge >= 0.3 is 55.6 Å². The molecular formula is C4H11ClOSn. The Morgan fingerprint density at radius 3 is 2.43 bits per heavy atom. The van der Waals surface area contributed by atoms with Crippen molar-refractivity contribution >= 4 is 28.0 Å². The molecule has 0 aromatic heterocycles. The molecule has 0 saturated heterocycles. The zero-order chi connectivity index (χ0) is 5.70. The van der Waals surface area contributed by atoms with Gasteiger partial charge in [-0.1, -0.05) is 0 Å². The van der Waals surface area contributed by atoms with E-state index in [1.165, 1.54) is 0 Å². The normalized spacial score (nSPS) is 14.1. The van der Waals surface area contributed by atoms with Gasteiger partial charge in [-0.2, -0.15) is 0 Å². The van der Waals surface area contributed by atoms with Gasteiger partial charge in [-0.05, 0) is 0 Å². The summed E-state index contributed by atoms with van der Waals surface area (Å²) in [5, 5.41) is 0. The fourth-order valence-electron chi connectivity index (χ4n) is 0.373. The second-order valence-electron chi connectivity index (χ2n) is 1.58. The Labute approximate surface area is 55.7 Å². The van der Waals surface area contributed by atoms with Crippen LogP contribution in [0.2, 0.25) is 4.44 Å². The van der Waals surface area contributed by atoms with Crippen LogP contribution in [0.5, 0.6) is 0 Å². The predicted molar refractivity (Wildman–Crippen MR) is 34.9 cm³/mol. The van der Waals surface area contributed by atoms with Crippen LogP contribution in [0.3, 0.4) is 0 Å². The van der Waals surface area contributed by atoms with Gasteiger partial charge in [0.25, 0.3) is 0 Å². The van der Waals surface area contributed by atoms with Gasteiger partial charge in [0.15, 0.2) is 0 Å². The molecule has 1 unspecified atom stereocenters. The van der Waals surface area contributed by atoms with E-state index in [9.17, 15) is 0 Å². The third-order valence-electron chi connectivity index (χ3n) is 0.796. The van der Waals surface area contributed by atoms with Gasteiger partial charge in [-0.25, -0.2) is 0 Å². The molecule has 0 radical (unpaired) electrons. The Hall–Kier alpha value is 1.05. The van der Waals surface area contributed by atoms with Crippen molar-refractivity contribution in [3.63, 3.8) is 0 Å². The first-order valence-corrected chi connectivity index (χ1v) is 10.6. The van der Waals surface area contributed by atoms with Crippen LogP contribution in [0.25, 0.3) is 0 Å². The van der Waals surface area contributed by atoms with Gasteiger partial charge in [-0.3, -0.25) is 0 Å². The quantitative estimate of drug-likeness (QED) is 0.722. The average Bonchev–Trinajstić information content (AvgIpc) is 1.61. The fraction of sp³-hybridized carbons (Fsp3) is 1.00. The monoisotopic (exact) mass is 230 g/mol. The molecular weight excluding hydrogens is 218 g/mol. The van der Waals surface area contributed by atoms with E-state index in [0.717, 1.165) is 17.3 Å². The summed E-state index contributed by atoms with van der Waals surface area (Å²) in [6, 6.07) is 0. The Morgan fingerprint density at radius 2 is 2.29 bits per heavy atom. The molecule has 0 aliphatic carbocycles. The molecule has 0 spiro atoms. The molecule has 1 atom stereocenters. The third-order valence-corrected chi connectivity index (χ3v) is 4.78. The number of unbranched alkanes of at least 4 members (excludes halogenated alkanes) is 1. The molecule has 0 aliphatic heterocycles. The fourth-order valence-corrected chi connectivity index (χ4v) is 3.53. The van der Waals surface area contributed by atoms with E-state index in [1.54, 1.807) is 0 Å². The molecule has 0 saturated carbocycles. The third kappa shape index (κ3) is 7.05. The number of hydrogen-bond acceptors (Lipinski definition) is 1. The first-order chi connectivity index (χ1) is 3.27. The Kier molecular flexibility index (Phi) is 5.97. The van der Waals surface area contributed by atoms with Crippen molar-refractivity contribution in [2.45, 2.75) is 24.2 Å². The summed E-state index contributed by atoms with van der Waals surface area (Å²) in [6.45, 7) is 2.10. The Balaban J connectivity index is 2.68. The van der Waals surface area contributed by atoms with Crippen LogP contribution >= 0.6 is 8.92 Å². The van der Waals surface area contributed by atoms with Crippen LogP contribution in [0.1, 0.15) is 19.8 Å². The molecule has 0 aromatic carbocycles. The molecule has 7 heavy (non-hydrogen) atoms. The van der Waals surface area contributed by atoms with Crippen molar-refractivity contribution in [1.82, 2.24) is 0 Å². The molecule has 0 rings (SSSR count). The average molecular weight is 229 g/mol. The van der Waals surface area contributed by atoms with Crippen LogP contribution in [0.4, 0.5) is 0 Å². The molecule has 0 bridgehead atoms. The van der Waals surface area contributed by atoms with Crippen molar-refractivity contribution in [2.24, 2.45) is 0 Å². The summed E-state index contributed by atoms with van der Waals surface area (Å²) in [4.78, 5) is 0. The molecule has 1 N–H and O–H groups in total. The molecule has 0 heterocycles. The second-order valence-corrected chi connectivity index (χ2v) is 9.08. The first-order valence-electron chi connectivity index (χ1n) is 2.59. The van der Waals surface area contributed by atoms with Crippen LogP contribution in [-0.2, 0) is 0 Å². The SMILES string of the molecule is CCC[CH2][SnH]([OH])[Cl]. The second kappa shape index (κ2) is 5.19. The van der Waals surface area contributed by atoms with Gasteiger partial charge in [0, 0.05) is 0 Å². The summed E-state index contributed by atoms with van der Waals surface area (Å²) in [5.41, 5.74) is 0. The van der Waals surface area contributed by atoms with Crippen LogP contribution in [0, 0.1) is 0 Å². The van der Waals surface area contributed by atoms with E-state index in [1.807, 2.05) is 0 Å². The zero-order valence-electron chi connectivity index (χ0n) is 4.52. The molecule has 0 amide bonds. The molecule has 0 aromatic rings. The number of hydrogen-bond donors (Lipinski definition) is 1. The van der Waals surface area contributed by atoms with Gasteiger partial charge in [0.2, 0.25) is 0 Å². The van der Waals surface area contributed by atoms with E-state index in [2.05, 4.69) is 6.92 Å². The standard InChI is InChI=1S/C4H9.ClH.H2O.Sn.H/c1-3-4-2;;;;/h1,3-4H2,2H3;1H;1H2;;/q;;;+2;/p-2. The summed E-state index contributed by atoms with van der Waals surface area (Å²) >= 11 is -2.27. The summed E-state index contributed by atoms with van der Waals surface area (Å²) in [7, 11) is 5.42. The van der Waals surface area contributed by atoms with Gasteiger partial charge in [-0.15, -0.1) is 0 Å². The van der Waals surface area contributed by atoms with Crippen LogP contribution in [-0.4, -0.2) is 22.5 Å². The summed E-state index contributed by atoms with van der Waals surface area (Å²) in [6.07, 6.45) is 2.27. The van der Waals surface area contributed by atoms with Gasteiger partial charge in [0.1, 0.15) is 0 Å². The molecule has 0 fully saturated rings. The number of rotatable bonds is 3. The van der Waals surface area contributed by atoms with Crippen LogP contribution < -0.4 is 0 Å². The van der Waals surface area contributed by atoms with E-state index >= 15 is 0 Å². The molecule has 0 aliphatic rings. The zero-order valence-corrected chi connectivity index (χ0v) is 8.58. The Morgan fingerprint density at radius 1 is 1.71 bits per heavy atom. The van der Waals surface area contributed by atoms with Gasteiger partial charge in [0.05, 0.1) is 0 Å². The van der Waals surface area contributed by atoms with E-state index in [4.69, 9.17) is 12.4 Å². The first kappa shape index (κ1) is 8.05. The predicted octanol–water partition coefficient (Wildman–Crippen LogP) is 1.24. The Bertz CT molecular complexity index is 40.7. The molecule has 1 nitrogen and oxygen atoms in total. The van der Waals surface area contributed by atoms with E-state index in [-0.39, 0.29) is 0 Å². The molecule has 44 valence electrons. The van der Waals surface area contributed by atoms with Crippen molar-refractivity contribution < 1.29 is 3.44 Å². The van der Waals surface area contributed by atoms with Crippen LogP contribution in [0.15, 0.2) is 0 Å². The van der Waals surface area contributed by atoms with Crippen molar-refractivity contribution in [3.8, 4) is 0 Å². The molecule has 3 heteroatoms. The topological polar surface area (TPSA) is 20.2 Å². The van der Waals surface area contributed by atoms with E-state index in [0.29, 0.717) is 0 Å². The maximum absolute atomic E-state index is 8.66. The van der Waals surface area contributed by atoms with Crippen molar-refractivity contribution in [3.05, 3.63) is 0 Å². The van der Waals surface area contributed by atoms with Crippen molar-refractivity contribution in [1.29, 1.82) is 0 Å². The summed E-state index contributed by atoms with van der Waals surface area (Å²) < 4.78 is 9.59. The van der Waals surface area contributed by atoms with Gasteiger partial charge < -0.3 is 0 Å². The summed E-state index contributed by atoms with van der Waals surface area (Å²) in [5.74, 6) is 0. The minimum absolute atomic E-state index is 0.930.